The van der Waals surface area contributed by atoms with Gasteiger partial charge in [0.15, 0.2) is 0 Å². The molecule has 5 rings (SSSR count). The molecule has 8 nitrogen and oxygen atoms in total. The number of carbonyl (C=O) groups is 1. The fourth-order valence-corrected chi connectivity index (χ4v) is 6.54. The van der Waals surface area contributed by atoms with Crippen molar-refractivity contribution in [2.45, 2.75) is 63.9 Å². The number of rotatable bonds is 11. The summed E-state index contributed by atoms with van der Waals surface area (Å²) in [5.74, 6) is 0.605. The predicted octanol–water partition coefficient (Wildman–Crippen LogP) is 6.87. The van der Waals surface area contributed by atoms with Crippen molar-refractivity contribution >= 4 is 17.7 Å². The lowest BCUT2D eigenvalue weighted by Crippen LogP contribution is -2.56. The number of nitrogens with one attached hydrogen (secondary N) is 1. The molecule has 0 bridgehead atoms. The van der Waals surface area contributed by atoms with Gasteiger partial charge in [0.1, 0.15) is 5.75 Å². The van der Waals surface area contributed by atoms with Crippen molar-refractivity contribution in [3.63, 3.8) is 0 Å². The third kappa shape index (κ3) is 8.34. The van der Waals surface area contributed by atoms with E-state index in [9.17, 15) is 31.1 Å². The first kappa shape index (κ1) is 38.1. The van der Waals surface area contributed by atoms with Gasteiger partial charge in [-0.05, 0) is 63.1 Å². The number of halogens is 6. The Kier molecular flexibility index (Phi) is 11.4. The number of aromatic nitrogens is 1. The lowest BCUT2D eigenvalue weighted by molar-refractivity contribution is -0.392. The Morgan fingerprint density at radius 1 is 0.980 bits per heavy atom. The topological polar surface area (TPSA) is 70.2 Å². The van der Waals surface area contributed by atoms with Gasteiger partial charge in [-0.3, -0.25) is 20.0 Å². The van der Waals surface area contributed by atoms with Crippen LogP contribution in [-0.2, 0) is 27.3 Å². The summed E-state index contributed by atoms with van der Waals surface area (Å²) < 4.78 is 97.8. The predicted molar refractivity (Wildman–Crippen MR) is 182 cm³/mol. The van der Waals surface area contributed by atoms with Crippen LogP contribution in [0.1, 0.15) is 50.1 Å². The number of hydrogen-bond donors (Lipinski definition) is 1. The van der Waals surface area contributed by atoms with Gasteiger partial charge in [-0.2, -0.15) is 26.3 Å². The highest BCUT2D eigenvalue weighted by atomic mass is 19.4. The highest BCUT2D eigenvalue weighted by molar-refractivity contribution is 5.79. The van der Waals surface area contributed by atoms with Crippen molar-refractivity contribution < 1.29 is 40.6 Å². The maximum absolute atomic E-state index is 14.6. The standard InChI is InChI=1S/C37H43F6N5O3/c1-5-9-28-20-29(35(36(38,39)40,37(41,42)43)50-23-27-10-7-6-8-11-27)12-14-31(28)47-16-18-48(19-17-47)33(49)22-46-24-34(4,45-25-46)32-15-13-30(21-44-32)51-26(2)3/h5-15,20-21,26,45H,16-19,22-25H2,1-4H3/b9-5-. The fraction of sp³-hybridized carbons (Fsp3) is 0.459. The second-order valence-corrected chi connectivity index (χ2v) is 13.3. The molecule has 276 valence electrons. The van der Waals surface area contributed by atoms with Crippen LogP contribution in [0.3, 0.4) is 0 Å². The number of ether oxygens (including phenoxy) is 2. The summed E-state index contributed by atoms with van der Waals surface area (Å²) >= 11 is 0. The first-order chi connectivity index (χ1) is 24.1. The molecule has 1 N–H and O–H groups in total. The molecule has 0 saturated carbocycles. The molecule has 2 fully saturated rings. The number of hydrogen-bond acceptors (Lipinski definition) is 7. The summed E-state index contributed by atoms with van der Waals surface area (Å²) in [5, 5.41) is 3.45. The lowest BCUT2D eigenvalue weighted by atomic mass is 9.89. The van der Waals surface area contributed by atoms with Crippen molar-refractivity contribution in [3.05, 3.63) is 95.3 Å². The molecule has 2 aromatic carbocycles. The summed E-state index contributed by atoms with van der Waals surface area (Å²) in [6, 6.07) is 14.2. The Morgan fingerprint density at radius 3 is 2.25 bits per heavy atom. The smallest absolute Gasteiger partial charge is 0.430 e. The van der Waals surface area contributed by atoms with Crippen LogP contribution >= 0.6 is 0 Å². The molecule has 3 heterocycles. The van der Waals surface area contributed by atoms with Gasteiger partial charge in [-0.25, -0.2) is 0 Å². The Bertz CT molecular complexity index is 1640. The van der Waals surface area contributed by atoms with Crippen molar-refractivity contribution in [1.82, 2.24) is 20.1 Å². The molecule has 1 unspecified atom stereocenters. The van der Waals surface area contributed by atoms with E-state index in [1.165, 1.54) is 36.4 Å². The van der Waals surface area contributed by atoms with Gasteiger partial charge in [0.2, 0.25) is 5.91 Å². The lowest BCUT2D eigenvalue weighted by Gasteiger charge is -2.39. The SMILES string of the molecule is C/C=C\c1cc(C(OCc2ccccc2)(C(F)(F)F)C(F)(F)F)ccc1N1CCN(C(=O)CN2CNC(C)(c3ccc(OC(C)C)cn3)C2)CC1. The fourth-order valence-electron chi connectivity index (χ4n) is 6.54. The highest BCUT2D eigenvalue weighted by Gasteiger charge is 2.73. The zero-order valence-corrected chi connectivity index (χ0v) is 29.0. The second kappa shape index (κ2) is 15.2. The summed E-state index contributed by atoms with van der Waals surface area (Å²) in [7, 11) is 0. The monoisotopic (exact) mass is 719 g/mol. The summed E-state index contributed by atoms with van der Waals surface area (Å²) in [6.45, 7) is 9.21. The third-order valence-corrected chi connectivity index (χ3v) is 9.11. The minimum Gasteiger partial charge on any atom is -0.489 e. The van der Waals surface area contributed by atoms with Crippen LogP contribution in [0.15, 0.2) is 72.9 Å². The van der Waals surface area contributed by atoms with Crippen LogP contribution in [0.4, 0.5) is 32.0 Å². The first-order valence-electron chi connectivity index (χ1n) is 16.8. The molecule has 2 saturated heterocycles. The highest BCUT2D eigenvalue weighted by Crippen LogP contribution is 2.54. The normalized spacial score (nSPS) is 19.4. The third-order valence-electron chi connectivity index (χ3n) is 9.11. The van der Waals surface area contributed by atoms with E-state index in [-0.39, 0.29) is 29.7 Å². The van der Waals surface area contributed by atoms with E-state index in [4.69, 9.17) is 9.47 Å². The van der Waals surface area contributed by atoms with E-state index in [0.717, 1.165) is 17.8 Å². The van der Waals surface area contributed by atoms with Gasteiger partial charge < -0.3 is 19.3 Å². The maximum atomic E-state index is 14.6. The van der Waals surface area contributed by atoms with E-state index in [1.807, 2.05) is 42.7 Å². The number of benzene rings is 2. The molecule has 1 aromatic heterocycles. The number of alkyl halides is 6. The minimum absolute atomic E-state index is 0.0317. The van der Waals surface area contributed by atoms with Crippen molar-refractivity contribution in [3.8, 4) is 5.75 Å². The summed E-state index contributed by atoms with van der Waals surface area (Å²) in [5.41, 5.74) is -4.45. The molecule has 2 aliphatic rings. The average molecular weight is 720 g/mol. The number of allylic oxidation sites excluding steroid dienone is 1. The molecule has 0 radical (unpaired) electrons. The molecular formula is C37H43F6N5O3. The molecule has 51 heavy (non-hydrogen) atoms. The van der Waals surface area contributed by atoms with E-state index in [0.29, 0.717) is 50.8 Å². The van der Waals surface area contributed by atoms with Crippen LogP contribution in [-0.4, -0.2) is 85.1 Å². The van der Waals surface area contributed by atoms with Gasteiger partial charge in [-0.1, -0.05) is 48.6 Å². The van der Waals surface area contributed by atoms with Gasteiger partial charge in [0.25, 0.3) is 5.60 Å². The Balaban J connectivity index is 1.26. The van der Waals surface area contributed by atoms with Crippen molar-refractivity contribution in [1.29, 1.82) is 0 Å². The number of pyridine rings is 1. The van der Waals surface area contributed by atoms with Gasteiger partial charge in [-0.15, -0.1) is 0 Å². The molecule has 3 aromatic rings. The number of amides is 1. The number of anilines is 1. The van der Waals surface area contributed by atoms with Gasteiger partial charge in [0.05, 0.1) is 36.7 Å². The Hall–Kier alpha value is -4.14. The first-order valence-corrected chi connectivity index (χ1v) is 16.8. The largest absolute Gasteiger partial charge is 0.489 e. The van der Waals surface area contributed by atoms with E-state index >= 15 is 0 Å². The molecule has 14 heteroatoms. The number of piperazine rings is 1. The maximum Gasteiger partial charge on any atom is 0.430 e. The van der Waals surface area contributed by atoms with Gasteiger partial charge >= 0.3 is 12.4 Å². The molecule has 1 atom stereocenters. The van der Waals surface area contributed by atoms with Crippen molar-refractivity contribution in [2.75, 3.05) is 50.8 Å². The van der Waals surface area contributed by atoms with E-state index in [2.05, 4.69) is 10.3 Å². The van der Waals surface area contributed by atoms with Crippen LogP contribution < -0.4 is 15.0 Å². The summed E-state index contributed by atoms with van der Waals surface area (Å²) in [6.07, 6.45) is -6.88. The zero-order chi connectivity index (χ0) is 37.0. The average Bonchev–Trinajstić information content (AvgIpc) is 3.45. The van der Waals surface area contributed by atoms with Crippen molar-refractivity contribution in [2.24, 2.45) is 0 Å². The Labute approximate surface area is 294 Å². The molecule has 2 aliphatic heterocycles. The zero-order valence-electron chi connectivity index (χ0n) is 29.0. The molecule has 0 aliphatic carbocycles. The molecule has 1 amide bonds. The molecule has 0 spiro atoms. The van der Waals surface area contributed by atoms with Crippen LogP contribution in [0.5, 0.6) is 5.75 Å². The van der Waals surface area contributed by atoms with Crippen LogP contribution in [0, 0.1) is 0 Å². The van der Waals surface area contributed by atoms with E-state index in [1.54, 1.807) is 30.2 Å². The van der Waals surface area contributed by atoms with E-state index < -0.39 is 35.7 Å². The summed E-state index contributed by atoms with van der Waals surface area (Å²) in [4.78, 5) is 23.5. The van der Waals surface area contributed by atoms with Crippen LogP contribution in [0.25, 0.3) is 6.08 Å². The number of carbonyl (C=O) groups excluding carboxylic acids is 1. The second-order valence-electron chi connectivity index (χ2n) is 13.3. The Morgan fingerprint density at radius 2 is 1.67 bits per heavy atom. The van der Waals surface area contributed by atoms with Crippen LogP contribution in [0.2, 0.25) is 0 Å². The minimum atomic E-state index is -5.81. The number of nitrogens with zero attached hydrogens (tertiary/aromatic N) is 4. The molecular weight excluding hydrogens is 676 g/mol. The quantitative estimate of drug-likeness (QED) is 0.217. The van der Waals surface area contributed by atoms with Gasteiger partial charge in [0, 0.05) is 50.6 Å².